The van der Waals surface area contributed by atoms with Crippen molar-refractivity contribution in [3.63, 3.8) is 0 Å². The molecule has 1 aromatic heterocycles. The van der Waals surface area contributed by atoms with Gasteiger partial charge >= 0.3 is 0 Å². The number of piperidine rings is 2. The third-order valence-electron chi connectivity index (χ3n) is 6.27. The zero-order valence-electron chi connectivity index (χ0n) is 18.0. The third kappa shape index (κ3) is 5.36. The number of hydrogen-bond acceptors (Lipinski definition) is 5. The number of carbonyl (C=O) groups is 1. The van der Waals surface area contributed by atoms with Gasteiger partial charge in [0.15, 0.2) is 0 Å². The summed E-state index contributed by atoms with van der Waals surface area (Å²) < 4.78 is 0. The number of nitrogens with zero attached hydrogens (tertiary/aromatic N) is 4. The number of likely N-dealkylation sites (tertiary alicyclic amines) is 1. The van der Waals surface area contributed by atoms with Gasteiger partial charge in [-0.05, 0) is 51.3 Å². The van der Waals surface area contributed by atoms with Crippen molar-refractivity contribution >= 4 is 11.9 Å². The first-order chi connectivity index (χ1) is 14.7. The van der Waals surface area contributed by atoms with Crippen molar-refractivity contribution in [2.75, 3.05) is 44.2 Å². The Bertz CT molecular complexity index is 814. The summed E-state index contributed by atoms with van der Waals surface area (Å²) in [6.07, 6.45) is 9.61. The minimum atomic E-state index is 0.0143. The lowest BCUT2D eigenvalue weighted by molar-refractivity contribution is -0.125. The fourth-order valence-electron chi connectivity index (χ4n) is 4.42. The van der Waals surface area contributed by atoms with Gasteiger partial charge in [0.05, 0.1) is 5.92 Å². The molecule has 0 spiro atoms. The van der Waals surface area contributed by atoms with Crippen LogP contribution in [0.2, 0.25) is 0 Å². The molecule has 1 atom stereocenters. The molecule has 0 bridgehead atoms. The minimum Gasteiger partial charge on any atom is -0.355 e. The molecule has 6 heteroatoms. The largest absolute Gasteiger partial charge is 0.355 e. The summed E-state index contributed by atoms with van der Waals surface area (Å²) in [5.41, 5.74) is 3.38. The number of aryl methyl sites for hydroxylation is 1. The zero-order valence-corrected chi connectivity index (χ0v) is 18.0. The predicted octanol–water partition coefficient (Wildman–Crippen LogP) is 3.27. The van der Waals surface area contributed by atoms with Gasteiger partial charge in [-0.1, -0.05) is 36.2 Å². The highest BCUT2D eigenvalue weighted by molar-refractivity contribution is 5.79. The molecule has 0 radical (unpaired) electrons. The first-order valence-corrected chi connectivity index (χ1v) is 11.3. The van der Waals surface area contributed by atoms with Gasteiger partial charge in [-0.25, -0.2) is 9.97 Å². The van der Waals surface area contributed by atoms with E-state index in [0.717, 1.165) is 49.6 Å². The second-order valence-electron chi connectivity index (χ2n) is 8.62. The van der Waals surface area contributed by atoms with E-state index in [0.29, 0.717) is 6.54 Å². The van der Waals surface area contributed by atoms with Crippen LogP contribution in [0, 0.1) is 12.8 Å². The van der Waals surface area contributed by atoms with Crippen LogP contribution in [0.25, 0.3) is 11.1 Å². The van der Waals surface area contributed by atoms with E-state index >= 15 is 0 Å². The molecule has 2 saturated heterocycles. The molecular formula is C24H33N5O. The van der Waals surface area contributed by atoms with E-state index in [-0.39, 0.29) is 11.8 Å². The molecule has 0 aliphatic carbocycles. The van der Waals surface area contributed by atoms with Gasteiger partial charge in [-0.3, -0.25) is 4.79 Å². The van der Waals surface area contributed by atoms with E-state index in [1.54, 1.807) is 0 Å². The second kappa shape index (κ2) is 10.0. The highest BCUT2D eigenvalue weighted by Gasteiger charge is 2.27. The van der Waals surface area contributed by atoms with Crippen LogP contribution in [0.15, 0.2) is 36.7 Å². The van der Waals surface area contributed by atoms with E-state index in [2.05, 4.69) is 56.3 Å². The number of hydrogen-bond donors (Lipinski definition) is 1. The number of rotatable bonds is 6. The molecule has 2 aromatic rings. The number of amides is 1. The number of benzene rings is 1. The monoisotopic (exact) mass is 407 g/mol. The molecule has 2 fully saturated rings. The lowest BCUT2D eigenvalue weighted by Crippen LogP contribution is -2.45. The molecule has 3 heterocycles. The number of carbonyl (C=O) groups excluding carboxylic acids is 1. The van der Waals surface area contributed by atoms with E-state index in [4.69, 9.17) is 0 Å². The Morgan fingerprint density at radius 1 is 1.00 bits per heavy atom. The van der Waals surface area contributed by atoms with Gasteiger partial charge in [-0.2, -0.15) is 0 Å². The highest BCUT2D eigenvalue weighted by atomic mass is 16.1. The summed E-state index contributed by atoms with van der Waals surface area (Å²) in [6.45, 7) is 7.73. The molecule has 1 aromatic carbocycles. The molecule has 1 N–H and O–H groups in total. The molecule has 6 nitrogen and oxygen atoms in total. The van der Waals surface area contributed by atoms with Crippen molar-refractivity contribution in [1.29, 1.82) is 0 Å². The maximum atomic E-state index is 12.7. The quantitative estimate of drug-likeness (QED) is 0.796. The average Bonchev–Trinajstić information content (AvgIpc) is 2.80. The molecule has 160 valence electrons. The second-order valence-corrected chi connectivity index (χ2v) is 8.62. The molecule has 4 rings (SSSR count). The summed E-state index contributed by atoms with van der Waals surface area (Å²) in [7, 11) is 0. The van der Waals surface area contributed by atoms with Crippen molar-refractivity contribution in [3.05, 3.63) is 42.2 Å². The van der Waals surface area contributed by atoms with Crippen LogP contribution in [-0.4, -0.2) is 60.0 Å². The van der Waals surface area contributed by atoms with Crippen LogP contribution in [0.4, 0.5) is 5.95 Å². The summed E-state index contributed by atoms with van der Waals surface area (Å²) >= 11 is 0. The van der Waals surface area contributed by atoms with Crippen LogP contribution in [0.1, 0.15) is 37.7 Å². The van der Waals surface area contributed by atoms with Crippen molar-refractivity contribution in [3.8, 4) is 11.1 Å². The smallest absolute Gasteiger partial charge is 0.225 e. The molecule has 0 saturated carbocycles. The van der Waals surface area contributed by atoms with Gasteiger partial charge < -0.3 is 15.1 Å². The highest BCUT2D eigenvalue weighted by Crippen LogP contribution is 2.23. The molecular weight excluding hydrogens is 374 g/mol. The van der Waals surface area contributed by atoms with Gasteiger partial charge in [0.2, 0.25) is 11.9 Å². The lowest BCUT2D eigenvalue weighted by Gasteiger charge is -2.32. The number of aromatic nitrogens is 2. The van der Waals surface area contributed by atoms with Crippen molar-refractivity contribution < 1.29 is 4.79 Å². The predicted molar refractivity (Wildman–Crippen MR) is 120 cm³/mol. The number of anilines is 1. The lowest BCUT2D eigenvalue weighted by atomic mass is 9.97. The summed E-state index contributed by atoms with van der Waals surface area (Å²) in [6, 6.07) is 8.39. The maximum Gasteiger partial charge on any atom is 0.225 e. The Morgan fingerprint density at radius 2 is 1.73 bits per heavy atom. The van der Waals surface area contributed by atoms with Gasteiger partial charge in [0.25, 0.3) is 0 Å². The fraction of sp³-hybridized carbons (Fsp3) is 0.542. The van der Waals surface area contributed by atoms with E-state index < -0.39 is 0 Å². The van der Waals surface area contributed by atoms with Crippen molar-refractivity contribution in [2.24, 2.45) is 5.92 Å². The minimum absolute atomic E-state index is 0.0143. The van der Waals surface area contributed by atoms with Crippen LogP contribution >= 0.6 is 0 Å². The van der Waals surface area contributed by atoms with E-state index in [9.17, 15) is 4.79 Å². The van der Waals surface area contributed by atoms with E-state index in [1.807, 2.05) is 12.4 Å². The van der Waals surface area contributed by atoms with Gasteiger partial charge in [0, 0.05) is 44.1 Å². The van der Waals surface area contributed by atoms with Crippen LogP contribution in [0.5, 0.6) is 0 Å². The van der Waals surface area contributed by atoms with Crippen LogP contribution in [-0.2, 0) is 4.79 Å². The summed E-state index contributed by atoms with van der Waals surface area (Å²) in [5.74, 6) is 0.908. The third-order valence-corrected chi connectivity index (χ3v) is 6.27. The topological polar surface area (TPSA) is 61.4 Å². The SMILES string of the molecule is Cc1ccc(-c2cnc(N3CCC[C@@H](C(=O)NCCN4CCCCC4)C3)nc2)cc1. The van der Waals surface area contributed by atoms with Crippen LogP contribution < -0.4 is 10.2 Å². The Hall–Kier alpha value is -2.47. The molecule has 2 aliphatic heterocycles. The fourth-order valence-corrected chi connectivity index (χ4v) is 4.42. The van der Waals surface area contributed by atoms with Gasteiger partial charge in [-0.15, -0.1) is 0 Å². The molecule has 2 aliphatic rings. The average molecular weight is 408 g/mol. The Kier molecular flexibility index (Phi) is 6.95. The zero-order chi connectivity index (χ0) is 20.8. The maximum absolute atomic E-state index is 12.7. The van der Waals surface area contributed by atoms with E-state index in [1.165, 1.54) is 37.9 Å². The molecule has 1 amide bonds. The van der Waals surface area contributed by atoms with Gasteiger partial charge in [0.1, 0.15) is 0 Å². The van der Waals surface area contributed by atoms with Crippen molar-refractivity contribution in [1.82, 2.24) is 20.2 Å². The van der Waals surface area contributed by atoms with Crippen molar-refractivity contribution in [2.45, 2.75) is 39.0 Å². The summed E-state index contributed by atoms with van der Waals surface area (Å²) in [4.78, 5) is 26.5. The normalized spacial score (nSPS) is 20.2. The Labute approximate surface area is 179 Å². The first-order valence-electron chi connectivity index (χ1n) is 11.3. The summed E-state index contributed by atoms with van der Waals surface area (Å²) in [5, 5.41) is 3.16. The molecule has 0 unspecified atom stereocenters. The Balaban J connectivity index is 1.29. The standard InChI is InChI=1S/C24H33N5O/c1-19-7-9-20(10-8-19)22-16-26-24(27-17-22)29-14-5-6-21(18-29)23(30)25-11-15-28-12-3-2-4-13-28/h7-10,16-17,21H,2-6,11-15,18H2,1H3,(H,25,30)/t21-/m1/s1. The number of nitrogens with one attached hydrogen (secondary N) is 1. The van der Waals surface area contributed by atoms with Crippen LogP contribution in [0.3, 0.4) is 0 Å². The molecule has 30 heavy (non-hydrogen) atoms. The Morgan fingerprint density at radius 3 is 2.47 bits per heavy atom. The first kappa shape index (κ1) is 20.8.